The highest BCUT2D eigenvalue weighted by atomic mass is 16.2. The van der Waals surface area contributed by atoms with Crippen molar-refractivity contribution in [2.45, 2.75) is 38.1 Å². The third kappa shape index (κ3) is 3.12. The van der Waals surface area contributed by atoms with Crippen LogP contribution in [0.5, 0.6) is 0 Å². The average Bonchev–Trinajstić information content (AvgIpc) is 2.81. The van der Waals surface area contributed by atoms with Gasteiger partial charge in [0.25, 0.3) is 5.56 Å². The number of aryl methyl sites for hydroxylation is 1. The largest absolute Gasteiger partial charge is 0.315 e. The van der Waals surface area contributed by atoms with Crippen molar-refractivity contribution in [3.8, 4) is 17.2 Å². The lowest BCUT2D eigenvalue weighted by molar-refractivity contribution is -0.118. The Hall–Kier alpha value is -3.79. The molecule has 0 bridgehead atoms. The lowest BCUT2D eigenvalue weighted by atomic mass is 9.84. The molecular formula is C24H21N5O2. The van der Waals surface area contributed by atoms with Gasteiger partial charge in [0.15, 0.2) is 0 Å². The van der Waals surface area contributed by atoms with E-state index in [4.69, 9.17) is 0 Å². The standard InChI is InChI=1S/C24H21N5O2/c1-28-21-7-5-15(11-16(21)6-8-23(28)30)18-13-26-14-19-17(18)3-2-4-22(19)29-10-9-27-20(12-25)24(29)31/h5,7,9-11,13-14,22H,2-4,6,8H2,1H3/t22-/m1/s1. The number of pyridine rings is 1. The summed E-state index contributed by atoms with van der Waals surface area (Å²) in [5.74, 6) is 0.140. The number of benzene rings is 1. The number of hydrogen-bond acceptors (Lipinski definition) is 5. The first-order chi connectivity index (χ1) is 15.1. The Morgan fingerprint density at radius 3 is 2.87 bits per heavy atom. The molecule has 0 fully saturated rings. The molecule has 7 heteroatoms. The van der Waals surface area contributed by atoms with Gasteiger partial charge in [-0.25, -0.2) is 4.98 Å². The summed E-state index contributed by atoms with van der Waals surface area (Å²) in [6.45, 7) is 0. The topological polar surface area (TPSA) is 91.9 Å². The fourth-order valence-electron chi connectivity index (χ4n) is 4.81. The molecule has 0 unspecified atom stereocenters. The van der Waals surface area contributed by atoms with Crippen LogP contribution in [0.4, 0.5) is 5.69 Å². The molecule has 1 aromatic carbocycles. The maximum atomic E-state index is 12.7. The monoisotopic (exact) mass is 411 g/mol. The number of fused-ring (bicyclic) bond motifs is 2. The number of nitrogens with zero attached hydrogens (tertiary/aromatic N) is 5. The Morgan fingerprint density at radius 1 is 1.16 bits per heavy atom. The number of nitriles is 1. The second kappa shape index (κ2) is 7.47. The van der Waals surface area contributed by atoms with E-state index in [9.17, 15) is 14.9 Å². The van der Waals surface area contributed by atoms with Crippen molar-refractivity contribution in [1.29, 1.82) is 5.26 Å². The molecule has 2 aliphatic rings. The molecule has 2 aromatic heterocycles. The lowest BCUT2D eigenvalue weighted by Gasteiger charge is -2.29. The third-order valence-corrected chi connectivity index (χ3v) is 6.40. The van der Waals surface area contributed by atoms with E-state index in [1.54, 1.807) is 15.7 Å². The molecule has 0 N–H and O–H groups in total. The Morgan fingerprint density at radius 2 is 2.03 bits per heavy atom. The number of aromatic nitrogens is 3. The zero-order valence-corrected chi connectivity index (χ0v) is 17.2. The van der Waals surface area contributed by atoms with Crippen LogP contribution in [0.3, 0.4) is 0 Å². The van der Waals surface area contributed by atoms with E-state index in [2.05, 4.69) is 16.0 Å². The summed E-state index contributed by atoms with van der Waals surface area (Å²) >= 11 is 0. The first kappa shape index (κ1) is 19.2. The normalized spacial score (nSPS) is 17.6. The average molecular weight is 411 g/mol. The summed E-state index contributed by atoms with van der Waals surface area (Å²) in [4.78, 5) is 34.8. The van der Waals surface area contributed by atoms with Gasteiger partial charge < -0.3 is 9.47 Å². The number of amides is 1. The molecule has 1 aliphatic carbocycles. The summed E-state index contributed by atoms with van der Waals surface area (Å²) < 4.78 is 1.61. The summed E-state index contributed by atoms with van der Waals surface area (Å²) in [7, 11) is 1.82. The Labute approximate surface area is 179 Å². The van der Waals surface area contributed by atoms with E-state index in [0.717, 1.165) is 53.6 Å². The minimum absolute atomic E-state index is 0.0907. The zero-order valence-electron chi connectivity index (χ0n) is 17.2. The summed E-state index contributed by atoms with van der Waals surface area (Å²) in [5.41, 5.74) is 6.01. The fourth-order valence-corrected chi connectivity index (χ4v) is 4.81. The second-order valence-corrected chi connectivity index (χ2v) is 8.06. The van der Waals surface area contributed by atoms with Crippen LogP contribution >= 0.6 is 0 Å². The molecule has 1 amide bonds. The number of anilines is 1. The molecule has 3 aromatic rings. The highest BCUT2D eigenvalue weighted by Gasteiger charge is 2.27. The van der Waals surface area contributed by atoms with Crippen molar-refractivity contribution < 1.29 is 4.79 Å². The van der Waals surface area contributed by atoms with E-state index in [0.29, 0.717) is 6.42 Å². The van der Waals surface area contributed by atoms with Crippen LogP contribution in [0.1, 0.15) is 47.7 Å². The predicted molar refractivity (Wildman–Crippen MR) is 116 cm³/mol. The minimum atomic E-state index is -0.366. The molecule has 0 spiro atoms. The van der Waals surface area contributed by atoms with Gasteiger partial charge in [0.2, 0.25) is 11.6 Å². The predicted octanol–water partition coefficient (Wildman–Crippen LogP) is 3.01. The van der Waals surface area contributed by atoms with Crippen LogP contribution in [0.25, 0.3) is 11.1 Å². The number of carbonyl (C=O) groups excluding carboxylic acids is 1. The quantitative estimate of drug-likeness (QED) is 0.646. The first-order valence-electron chi connectivity index (χ1n) is 10.4. The van der Waals surface area contributed by atoms with E-state index in [1.807, 2.05) is 37.6 Å². The molecule has 1 aliphatic heterocycles. The molecule has 0 radical (unpaired) electrons. The van der Waals surface area contributed by atoms with Crippen molar-refractivity contribution >= 4 is 11.6 Å². The molecule has 3 heterocycles. The van der Waals surface area contributed by atoms with Crippen LogP contribution < -0.4 is 10.5 Å². The molecule has 0 saturated heterocycles. The van der Waals surface area contributed by atoms with Crippen LogP contribution in [0, 0.1) is 11.3 Å². The smallest absolute Gasteiger partial charge is 0.287 e. The maximum absolute atomic E-state index is 12.7. The van der Waals surface area contributed by atoms with Gasteiger partial charge >= 0.3 is 0 Å². The van der Waals surface area contributed by atoms with Gasteiger partial charge in [-0.3, -0.25) is 14.6 Å². The molecular weight excluding hydrogens is 390 g/mol. The Balaban J connectivity index is 1.61. The number of rotatable bonds is 2. The molecule has 7 nitrogen and oxygen atoms in total. The third-order valence-electron chi connectivity index (χ3n) is 6.40. The van der Waals surface area contributed by atoms with Gasteiger partial charge in [-0.2, -0.15) is 5.26 Å². The second-order valence-electron chi connectivity index (χ2n) is 8.06. The summed E-state index contributed by atoms with van der Waals surface area (Å²) in [6, 6.07) is 7.93. The van der Waals surface area contributed by atoms with Crippen LogP contribution in [0.15, 0.2) is 47.8 Å². The maximum Gasteiger partial charge on any atom is 0.287 e. The fraction of sp³-hybridized carbons (Fsp3) is 0.292. The van der Waals surface area contributed by atoms with Gasteiger partial charge in [0.05, 0.1) is 6.04 Å². The summed E-state index contributed by atoms with van der Waals surface area (Å²) in [5, 5.41) is 9.20. The first-order valence-corrected chi connectivity index (χ1v) is 10.4. The SMILES string of the molecule is CN1C(=O)CCc2cc(-c3cncc4c3CCC[C@H]4n3ccnc(C#N)c3=O)ccc21. The van der Waals surface area contributed by atoms with Crippen LogP contribution in [-0.4, -0.2) is 27.5 Å². The number of carbonyl (C=O) groups is 1. The van der Waals surface area contributed by atoms with E-state index < -0.39 is 0 Å². The van der Waals surface area contributed by atoms with Crippen molar-refractivity contribution in [2.24, 2.45) is 0 Å². The lowest BCUT2D eigenvalue weighted by Crippen LogP contribution is -2.31. The molecule has 0 saturated carbocycles. The minimum Gasteiger partial charge on any atom is -0.315 e. The molecule has 5 rings (SSSR count). The van der Waals surface area contributed by atoms with E-state index in [1.165, 1.54) is 11.8 Å². The molecule has 31 heavy (non-hydrogen) atoms. The van der Waals surface area contributed by atoms with Crippen LogP contribution in [-0.2, 0) is 17.6 Å². The van der Waals surface area contributed by atoms with Crippen molar-refractivity contribution in [2.75, 3.05) is 11.9 Å². The van der Waals surface area contributed by atoms with Gasteiger partial charge in [0, 0.05) is 49.5 Å². The summed E-state index contributed by atoms with van der Waals surface area (Å²) in [6.07, 6.45) is 10.8. The van der Waals surface area contributed by atoms with Crippen molar-refractivity contribution in [3.63, 3.8) is 0 Å². The molecule has 1 atom stereocenters. The van der Waals surface area contributed by atoms with Gasteiger partial charge in [-0.15, -0.1) is 0 Å². The Kier molecular flexibility index (Phi) is 4.63. The van der Waals surface area contributed by atoms with Crippen molar-refractivity contribution in [3.05, 3.63) is 75.7 Å². The molecule has 154 valence electrons. The highest BCUT2D eigenvalue weighted by molar-refractivity contribution is 5.96. The van der Waals surface area contributed by atoms with Gasteiger partial charge in [-0.05, 0) is 60.1 Å². The Bertz CT molecular complexity index is 1300. The zero-order chi connectivity index (χ0) is 21.5. The highest BCUT2D eigenvalue weighted by Crippen LogP contribution is 2.38. The van der Waals surface area contributed by atoms with Gasteiger partial charge in [-0.1, -0.05) is 6.07 Å². The number of hydrogen-bond donors (Lipinski definition) is 0. The van der Waals surface area contributed by atoms with Crippen LogP contribution in [0.2, 0.25) is 0 Å². The van der Waals surface area contributed by atoms with E-state index in [-0.39, 0.29) is 23.2 Å². The van der Waals surface area contributed by atoms with Crippen molar-refractivity contribution in [1.82, 2.24) is 14.5 Å². The van der Waals surface area contributed by atoms with E-state index >= 15 is 0 Å². The van der Waals surface area contributed by atoms with Gasteiger partial charge in [0.1, 0.15) is 6.07 Å².